The van der Waals surface area contributed by atoms with Crippen molar-refractivity contribution < 1.29 is 9.59 Å². The second-order valence-corrected chi connectivity index (χ2v) is 8.92. The lowest BCUT2D eigenvalue weighted by Gasteiger charge is -2.31. The van der Waals surface area contributed by atoms with Crippen LogP contribution in [-0.2, 0) is 11.2 Å². The lowest BCUT2D eigenvalue weighted by atomic mass is 9.96. The van der Waals surface area contributed by atoms with Gasteiger partial charge in [0.15, 0.2) is 5.13 Å². The largest absolute Gasteiger partial charge is 0.338 e. The van der Waals surface area contributed by atoms with E-state index in [-0.39, 0.29) is 17.7 Å². The zero-order valence-corrected chi connectivity index (χ0v) is 17.7. The highest BCUT2D eigenvalue weighted by atomic mass is 32.1. The highest BCUT2D eigenvalue weighted by molar-refractivity contribution is 7.14. The first-order valence-electron chi connectivity index (χ1n) is 9.46. The predicted octanol–water partition coefficient (Wildman–Crippen LogP) is 4.05. The van der Waals surface area contributed by atoms with E-state index in [1.807, 2.05) is 24.1 Å². The summed E-state index contributed by atoms with van der Waals surface area (Å²) in [5.41, 5.74) is 1.74. The molecule has 0 bridgehead atoms. The van der Waals surface area contributed by atoms with Crippen LogP contribution in [0.4, 0.5) is 5.13 Å². The van der Waals surface area contributed by atoms with Crippen molar-refractivity contribution in [2.24, 2.45) is 5.92 Å². The van der Waals surface area contributed by atoms with Gasteiger partial charge in [0.2, 0.25) is 5.91 Å². The van der Waals surface area contributed by atoms with Crippen LogP contribution in [0.2, 0.25) is 0 Å². The van der Waals surface area contributed by atoms with E-state index in [1.165, 1.54) is 22.7 Å². The third-order valence-corrected chi connectivity index (χ3v) is 6.86. The number of aryl methyl sites for hydroxylation is 3. The number of thiazole rings is 2. The molecule has 27 heavy (non-hydrogen) atoms. The van der Waals surface area contributed by atoms with Gasteiger partial charge in [0, 0.05) is 24.4 Å². The number of carbonyl (C=O) groups is 2. The summed E-state index contributed by atoms with van der Waals surface area (Å²) in [6.07, 6.45) is 4.52. The Morgan fingerprint density at radius 1 is 1.26 bits per heavy atom. The van der Waals surface area contributed by atoms with Gasteiger partial charge in [-0.1, -0.05) is 13.3 Å². The van der Waals surface area contributed by atoms with Crippen molar-refractivity contribution in [1.29, 1.82) is 0 Å². The molecule has 3 heterocycles. The van der Waals surface area contributed by atoms with E-state index < -0.39 is 0 Å². The smallest absolute Gasteiger partial charge is 0.265 e. The summed E-state index contributed by atoms with van der Waals surface area (Å²) in [7, 11) is 0. The molecule has 1 N–H and O–H groups in total. The fourth-order valence-electron chi connectivity index (χ4n) is 3.19. The number of anilines is 1. The molecule has 0 unspecified atom stereocenters. The van der Waals surface area contributed by atoms with Gasteiger partial charge in [-0.25, -0.2) is 9.97 Å². The van der Waals surface area contributed by atoms with Crippen LogP contribution in [0.1, 0.15) is 58.7 Å². The van der Waals surface area contributed by atoms with E-state index >= 15 is 0 Å². The molecule has 2 aromatic heterocycles. The molecular formula is C19H26N4O2S2. The number of rotatable bonds is 6. The summed E-state index contributed by atoms with van der Waals surface area (Å²) in [5.74, 6) is -0.00430. The molecular weight excluding hydrogens is 380 g/mol. The van der Waals surface area contributed by atoms with Crippen LogP contribution in [0, 0.1) is 19.8 Å². The van der Waals surface area contributed by atoms with E-state index in [9.17, 15) is 9.59 Å². The number of likely N-dealkylation sites (tertiary alicyclic amines) is 1. The molecule has 0 saturated carbocycles. The molecule has 3 rings (SSSR count). The number of aromatic nitrogens is 2. The molecule has 0 radical (unpaired) electrons. The minimum atomic E-state index is -0.0686. The van der Waals surface area contributed by atoms with Gasteiger partial charge in [0.1, 0.15) is 4.88 Å². The van der Waals surface area contributed by atoms with Crippen LogP contribution in [0.25, 0.3) is 0 Å². The quantitative estimate of drug-likeness (QED) is 0.785. The molecule has 1 saturated heterocycles. The highest BCUT2D eigenvalue weighted by Gasteiger charge is 2.29. The summed E-state index contributed by atoms with van der Waals surface area (Å²) in [6, 6.07) is 0. The standard InChI is InChI=1S/C19H26N4O2S2/c1-4-5-6-15-21-13(3)16(27-15)18(25)23-9-7-14(8-10-23)17(24)22-19-20-12(2)11-26-19/h11,14H,4-10H2,1-3H3,(H,20,22,24). The molecule has 146 valence electrons. The van der Waals surface area contributed by atoms with Crippen molar-refractivity contribution in [2.45, 2.75) is 52.9 Å². The minimum absolute atomic E-state index is 0.00673. The van der Waals surface area contributed by atoms with Gasteiger partial charge in [-0.05, 0) is 39.5 Å². The van der Waals surface area contributed by atoms with E-state index in [4.69, 9.17) is 0 Å². The van der Waals surface area contributed by atoms with Gasteiger partial charge in [-0.2, -0.15) is 0 Å². The first-order chi connectivity index (χ1) is 13.0. The Kier molecular flexibility index (Phi) is 6.59. The first kappa shape index (κ1) is 19.9. The Morgan fingerprint density at radius 2 is 2.00 bits per heavy atom. The second-order valence-electron chi connectivity index (χ2n) is 6.98. The van der Waals surface area contributed by atoms with Crippen LogP contribution in [-0.4, -0.2) is 39.8 Å². The molecule has 2 aromatic rings. The number of unbranched alkanes of at least 4 members (excludes halogenated alkanes) is 1. The maximum Gasteiger partial charge on any atom is 0.265 e. The Labute approximate surface area is 168 Å². The van der Waals surface area contributed by atoms with Crippen molar-refractivity contribution in [3.63, 3.8) is 0 Å². The number of nitrogens with one attached hydrogen (secondary N) is 1. The van der Waals surface area contributed by atoms with Crippen LogP contribution < -0.4 is 5.32 Å². The van der Waals surface area contributed by atoms with Crippen LogP contribution in [0.15, 0.2) is 5.38 Å². The van der Waals surface area contributed by atoms with Crippen molar-refractivity contribution in [1.82, 2.24) is 14.9 Å². The van der Waals surface area contributed by atoms with E-state index in [0.717, 1.165) is 40.5 Å². The number of carbonyl (C=O) groups excluding carboxylic acids is 2. The van der Waals surface area contributed by atoms with E-state index in [2.05, 4.69) is 22.2 Å². The normalized spacial score (nSPS) is 15.1. The topological polar surface area (TPSA) is 75.2 Å². The van der Waals surface area contributed by atoms with Gasteiger partial charge in [0.25, 0.3) is 5.91 Å². The molecule has 0 spiro atoms. The van der Waals surface area contributed by atoms with Gasteiger partial charge in [0.05, 0.1) is 16.4 Å². The molecule has 2 amide bonds. The summed E-state index contributed by atoms with van der Waals surface area (Å²) < 4.78 is 0. The second kappa shape index (κ2) is 8.93. The maximum atomic E-state index is 12.9. The molecule has 0 aliphatic carbocycles. The van der Waals surface area contributed by atoms with Gasteiger partial charge in [-0.15, -0.1) is 22.7 Å². The SMILES string of the molecule is CCCCc1nc(C)c(C(=O)N2CCC(C(=O)Nc3nc(C)cs3)CC2)s1. The van der Waals surface area contributed by atoms with Gasteiger partial charge in [-0.3, -0.25) is 9.59 Å². The average Bonchev–Trinajstić information content (AvgIpc) is 3.24. The van der Waals surface area contributed by atoms with Crippen LogP contribution >= 0.6 is 22.7 Å². The zero-order chi connectivity index (χ0) is 19.4. The third kappa shape index (κ3) is 4.93. The minimum Gasteiger partial charge on any atom is -0.338 e. The summed E-state index contributed by atoms with van der Waals surface area (Å²) >= 11 is 2.96. The summed E-state index contributed by atoms with van der Waals surface area (Å²) in [4.78, 5) is 36.7. The number of nitrogens with zero attached hydrogens (tertiary/aromatic N) is 3. The van der Waals surface area contributed by atoms with E-state index in [1.54, 1.807) is 0 Å². The number of amides is 2. The molecule has 1 aliphatic heterocycles. The third-order valence-electron chi connectivity index (χ3n) is 4.78. The van der Waals surface area contributed by atoms with Crippen molar-refractivity contribution in [2.75, 3.05) is 18.4 Å². The fraction of sp³-hybridized carbons (Fsp3) is 0.579. The van der Waals surface area contributed by atoms with Crippen molar-refractivity contribution in [3.05, 3.63) is 26.7 Å². The Bertz CT molecular complexity index is 806. The average molecular weight is 407 g/mol. The Hall–Kier alpha value is -1.80. The number of piperidine rings is 1. The highest BCUT2D eigenvalue weighted by Crippen LogP contribution is 2.26. The summed E-state index contributed by atoms with van der Waals surface area (Å²) in [6.45, 7) is 7.19. The lowest BCUT2D eigenvalue weighted by molar-refractivity contribution is -0.121. The molecule has 6 nitrogen and oxygen atoms in total. The fourth-order valence-corrected chi connectivity index (χ4v) is 4.96. The summed E-state index contributed by atoms with van der Waals surface area (Å²) in [5, 5.41) is 6.51. The predicted molar refractivity (Wildman–Crippen MR) is 110 cm³/mol. The zero-order valence-electron chi connectivity index (χ0n) is 16.1. The molecule has 1 aliphatic rings. The van der Waals surface area contributed by atoms with Crippen LogP contribution in [0.3, 0.4) is 0 Å². The monoisotopic (exact) mass is 406 g/mol. The number of hydrogen-bond acceptors (Lipinski definition) is 6. The first-order valence-corrected chi connectivity index (χ1v) is 11.2. The van der Waals surface area contributed by atoms with Crippen molar-refractivity contribution >= 4 is 39.6 Å². The van der Waals surface area contributed by atoms with E-state index in [0.29, 0.717) is 31.1 Å². The molecule has 8 heteroatoms. The molecule has 0 atom stereocenters. The number of hydrogen-bond donors (Lipinski definition) is 1. The van der Waals surface area contributed by atoms with Crippen LogP contribution in [0.5, 0.6) is 0 Å². The Morgan fingerprint density at radius 3 is 2.63 bits per heavy atom. The lowest BCUT2D eigenvalue weighted by Crippen LogP contribution is -2.41. The van der Waals surface area contributed by atoms with Gasteiger partial charge >= 0.3 is 0 Å². The molecule has 1 fully saturated rings. The molecule has 0 aromatic carbocycles. The van der Waals surface area contributed by atoms with Crippen molar-refractivity contribution in [3.8, 4) is 0 Å². The maximum absolute atomic E-state index is 12.9. The van der Waals surface area contributed by atoms with Gasteiger partial charge < -0.3 is 10.2 Å². The Balaban J connectivity index is 1.54.